The number of hydrogen-bond donors (Lipinski definition) is 1. The van der Waals surface area contributed by atoms with Crippen LogP contribution in [0, 0.1) is 0 Å². The van der Waals surface area contributed by atoms with Crippen LogP contribution in [-0.2, 0) is 0 Å². The molecule has 1 aliphatic carbocycles. The fourth-order valence-electron chi connectivity index (χ4n) is 2.81. The largest absolute Gasteiger partial charge is 0.497 e. The van der Waals surface area contributed by atoms with Gasteiger partial charge in [-0.15, -0.1) is 0 Å². The van der Waals surface area contributed by atoms with Crippen molar-refractivity contribution in [3.05, 3.63) is 24.3 Å². The van der Waals surface area contributed by atoms with E-state index >= 15 is 0 Å². The Morgan fingerprint density at radius 2 is 1.89 bits per heavy atom. The maximum atomic E-state index is 5.17. The third kappa shape index (κ3) is 2.89. The second kappa shape index (κ2) is 5.45. The van der Waals surface area contributed by atoms with Crippen LogP contribution in [-0.4, -0.2) is 23.6 Å². The van der Waals surface area contributed by atoms with Gasteiger partial charge < -0.3 is 10.1 Å². The standard InChI is InChI=1S/C15H20N2OS/c1-18-13-7-5-12(6-8-13)16-14-17-15(11-19-14)9-3-2-4-10-15/h5-8H,2-4,9-11H2,1H3,(H,16,17). The van der Waals surface area contributed by atoms with Crippen LogP contribution in [0.4, 0.5) is 5.69 Å². The Morgan fingerprint density at radius 3 is 2.58 bits per heavy atom. The van der Waals surface area contributed by atoms with Gasteiger partial charge in [-0.1, -0.05) is 31.0 Å². The van der Waals surface area contributed by atoms with Crippen molar-refractivity contribution in [1.82, 2.24) is 0 Å². The fraction of sp³-hybridized carbons (Fsp3) is 0.533. The van der Waals surface area contributed by atoms with E-state index in [2.05, 4.69) is 5.32 Å². The Balaban J connectivity index is 1.67. The number of aliphatic imine (C=N–C) groups is 1. The number of benzene rings is 1. The van der Waals surface area contributed by atoms with Gasteiger partial charge in [0.05, 0.1) is 12.6 Å². The minimum absolute atomic E-state index is 0.234. The van der Waals surface area contributed by atoms with Crippen molar-refractivity contribution in [2.75, 3.05) is 18.2 Å². The third-order valence-corrected chi connectivity index (χ3v) is 5.09. The zero-order valence-electron chi connectivity index (χ0n) is 11.3. The van der Waals surface area contributed by atoms with Crippen LogP contribution in [0.2, 0.25) is 0 Å². The van der Waals surface area contributed by atoms with Crippen molar-refractivity contribution in [1.29, 1.82) is 0 Å². The lowest BCUT2D eigenvalue weighted by molar-refractivity contribution is 0.335. The van der Waals surface area contributed by atoms with Gasteiger partial charge in [-0.25, -0.2) is 0 Å². The molecule has 3 nitrogen and oxygen atoms in total. The first kappa shape index (κ1) is 12.9. The molecule has 0 amide bonds. The van der Waals surface area contributed by atoms with E-state index in [1.807, 2.05) is 36.0 Å². The summed E-state index contributed by atoms with van der Waals surface area (Å²) in [7, 11) is 1.69. The maximum absolute atomic E-state index is 5.17. The summed E-state index contributed by atoms with van der Waals surface area (Å²) in [6, 6.07) is 8.01. The predicted octanol–water partition coefficient (Wildman–Crippen LogP) is 3.91. The summed E-state index contributed by atoms with van der Waals surface area (Å²) >= 11 is 1.86. The van der Waals surface area contributed by atoms with Crippen LogP contribution in [0.1, 0.15) is 32.1 Å². The van der Waals surface area contributed by atoms with Gasteiger partial charge in [0.2, 0.25) is 0 Å². The molecule has 0 saturated heterocycles. The van der Waals surface area contributed by atoms with E-state index in [9.17, 15) is 0 Å². The minimum atomic E-state index is 0.234. The zero-order chi connectivity index (χ0) is 13.1. The lowest BCUT2D eigenvalue weighted by Crippen LogP contribution is -2.29. The molecule has 19 heavy (non-hydrogen) atoms. The van der Waals surface area contributed by atoms with Crippen molar-refractivity contribution in [2.24, 2.45) is 4.99 Å². The van der Waals surface area contributed by atoms with Gasteiger partial charge in [-0.2, -0.15) is 0 Å². The van der Waals surface area contributed by atoms with Crippen LogP contribution >= 0.6 is 11.8 Å². The molecular weight excluding hydrogens is 256 g/mol. The normalized spacial score (nSPS) is 21.2. The fourth-order valence-corrected chi connectivity index (χ4v) is 4.02. The van der Waals surface area contributed by atoms with Gasteiger partial charge in [0, 0.05) is 11.4 Å². The van der Waals surface area contributed by atoms with Crippen LogP contribution in [0.15, 0.2) is 29.3 Å². The Kier molecular flexibility index (Phi) is 3.69. The van der Waals surface area contributed by atoms with Crippen LogP contribution in [0.5, 0.6) is 5.75 Å². The van der Waals surface area contributed by atoms with Crippen molar-refractivity contribution < 1.29 is 4.74 Å². The average molecular weight is 276 g/mol. The van der Waals surface area contributed by atoms with Gasteiger partial charge in [0.1, 0.15) is 5.75 Å². The lowest BCUT2D eigenvalue weighted by Gasteiger charge is -2.29. The molecule has 3 rings (SSSR count). The molecule has 1 heterocycles. The summed E-state index contributed by atoms with van der Waals surface area (Å²) in [6.45, 7) is 0. The number of thioether (sulfide) groups is 1. The molecule has 0 unspecified atom stereocenters. The number of ether oxygens (including phenoxy) is 1. The van der Waals surface area contributed by atoms with Gasteiger partial charge in [-0.05, 0) is 37.1 Å². The Morgan fingerprint density at radius 1 is 1.16 bits per heavy atom. The number of rotatable bonds is 2. The second-order valence-electron chi connectivity index (χ2n) is 5.34. The molecule has 1 spiro atoms. The molecule has 2 aliphatic rings. The Bertz CT molecular complexity index is 464. The molecule has 0 aromatic heterocycles. The SMILES string of the molecule is COc1ccc(NC2=NC3(CCCCC3)CS2)cc1. The molecule has 102 valence electrons. The highest BCUT2D eigenvalue weighted by atomic mass is 32.2. The number of hydrogen-bond acceptors (Lipinski definition) is 4. The van der Waals surface area contributed by atoms with Crippen LogP contribution in [0.3, 0.4) is 0 Å². The number of nitrogens with zero attached hydrogens (tertiary/aromatic N) is 1. The van der Waals surface area contributed by atoms with Gasteiger partial charge in [0.25, 0.3) is 0 Å². The van der Waals surface area contributed by atoms with Crippen molar-refractivity contribution >= 4 is 22.6 Å². The summed E-state index contributed by atoms with van der Waals surface area (Å²) in [5, 5.41) is 4.50. The molecule has 1 saturated carbocycles. The smallest absolute Gasteiger partial charge is 0.161 e. The highest BCUT2D eigenvalue weighted by Gasteiger charge is 2.36. The summed E-state index contributed by atoms with van der Waals surface area (Å²) in [4.78, 5) is 4.95. The number of methoxy groups -OCH3 is 1. The summed E-state index contributed by atoms with van der Waals surface area (Å²) in [6.07, 6.45) is 6.56. The third-order valence-electron chi connectivity index (χ3n) is 3.94. The molecule has 4 heteroatoms. The van der Waals surface area contributed by atoms with Crippen molar-refractivity contribution in [3.8, 4) is 5.75 Å². The van der Waals surface area contributed by atoms with Crippen LogP contribution in [0.25, 0.3) is 0 Å². The summed E-state index contributed by atoms with van der Waals surface area (Å²) in [5.74, 6) is 2.03. The Labute approximate surface area is 118 Å². The minimum Gasteiger partial charge on any atom is -0.497 e. The molecule has 1 aromatic carbocycles. The zero-order valence-corrected chi connectivity index (χ0v) is 12.1. The Hall–Kier alpha value is -1.16. The predicted molar refractivity (Wildman–Crippen MR) is 82.3 cm³/mol. The first-order valence-corrected chi connectivity index (χ1v) is 7.92. The first-order chi connectivity index (χ1) is 9.30. The molecule has 1 aliphatic heterocycles. The lowest BCUT2D eigenvalue weighted by atomic mass is 9.84. The molecule has 1 N–H and O–H groups in total. The molecule has 1 fully saturated rings. The van der Waals surface area contributed by atoms with Crippen molar-refractivity contribution in [3.63, 3.8) is 0 Å². The van der Waals surface area contributed by atoms with E-state index in [1.54, 1.807) is 7.11 Å². The van der Waals surface area contributed by atoms with Gasteiger partial charge >= 0.3 is 0 Å². The second-order valence-corrected chi connectivity index (χ2v) is 6.31. The number of nitrogens with one attached hydrogen (secondary N) is 1. The maximum Gasteiger partial charge on any atom is 0.161 e. The molecule has 0 radical (unpaired) electrons. The van der Waals surface area contributed by atoms with Crippen LogP contribution < -0.4 is 10.1 Å². The highest BCUT2D eigenvalue weighted by molar-refractivity contribution is 8.14. The van der Waals surface area contributed by atoms with Crippen molar-refractivity contribution in [2.45, 2.75) is 37.6 Å². The van der Waals surface area contributed by atoms with E-state index < -0.39 is 0 Å². The number of amidine groups is 1. The number of anilines is 1. The highest BCUT2D eigenvalue weighted by Crippen LogP contribution is 2.39. The topological polar surface area (TPSA) is 33.6 Å². The monoisotopic (exact) mass is 276 g/mol. The quantitative estimate of drug-likeness (QED) is 0.889. The van der Waals surface area contributed by atoms with Gasteiger partial charge in [-0.3, -0.25) is 4.99 Å². The van der Waals surface area contributed by atoms with E-state index in [0.717, 1.165) is 22.4 Å². The first-order valence-electron chi connectivity index (χ1n) is 6.93. The van der Waals surface area contributed by atoms with E-state index in [4.69, 9.17) is 9.73 Å². The summed E-state index contributed by atoms with van der Waals surface area (Å²) in [5.41, 5.74) is 1.32. The molecule has 1 aromatic rings. The van der Waals surface area contributed by atoms with E-state index in [1.165, 1.54) is 32.1 Å². The molecule has 0 atom stereocenters. The molecular formula is C15H20N2OS. The van der Waals surface area contributed by atoms with Gasteiger partial charge in [0.15, 0.2) is 5.17 Å². The average Bonchev–Trinajstić information content (AvgIpc) is 2.83. The summed E-state index contributed by atoms with van der Waals surface area (Å²) < 4.78 is 5.17. The van der Waals surface area contributed by atoms with E-state index in [0.29, 0.717) is 0 Å². The molecule has 0 bridgehead atoms. The van der Waals surface area contributed by atoms with E-state index in [-0.39, 0.29) is 5.54 Å².